The summed E-state index contributed by atoms with van der Waals surface area (Å²) in [6.45, 7) is 0. The Morgan fingerprint density at radius 3 is 1.13 bits per heavy atom. The molecule has 0 fully saturated rings. The fourth-order valence-corrected chi connectivity index (χ4v) is 11.1. The minimum absolute atomic E-state index is 0.455. The van der Waals surface area contributed by atoms with Gasteiger partial charge in [-0.05, 0) is 150 Å². The fourth-order valence-electron chi connectivity index (χ4n) is 11.1. The zero-order valence-electron chi connectivity index (χ0n) is 36.8. The second-order valence-electron chi connectivity index (χ2n) is 17.6. The van der Waals surface area contributed by atoms with Gasteiger partial charge in [0.25, 0.3) is 0 Å². The molecule has 2 heteroatoms. The van der Waals surface area contributed by atoms with Crippen LogP contribution < -0.4 is 9.80 Å². The van der Waals surface area contributed by atoms with E-state index in [4.69, 9.17) is 0 Å². The normalized spacial score (nSPS) is 12.6. The van der Waals surface area contributed by atoms with E-state index in [1.165, 1.54) is 77.5 Å². The number of fused-ring (bicyclic) bond motifs is 12. The molecule has 11 aromatic rings. The van der Waals surface area contributed by atoms with E-state index in [-0.39, 0.29) is 0 Å². The molecule has 0 aliphatic heterocycles. The van der Waals surface area contributed by atoms with Gasteiger partial charge in [-0.15, -0.1) is 0 Å². The first-order chi connectivity index (χ1) is 33.2. The van der Waals surface area contributed by atoms with Gasteiger partial charge in [-0.1, -0.05) is 194 Å². The van der Waals surface area contributed by atoms with Crippen LogP contribution in [0.2, 0.25) is 0 Å². The molecule has 0 heterocycles. The van der Waals surface area contributed by atoms with Crippen LogP contribution in [0.15, 0.2) is 267 Å². The third kappa shape index (κ3) is 6.18. The van der Waals surface area contributed by atoms with Crippen molar-refractivity contribution in [1.82, 2.24) is 0 Å². The highest BCUT2D eigenvalue weighted by molar-refractivity contribution is 6.06. The minimum Gasteiger partial charge on any atom is -0.311 e. The third-order valence-corrected chi connectivity index (χ3v) is 14.1. The second kappa shape index (κ2) is 15.8. The molecule has 0 unspecified atom stereocenters. The summed E-state index contributed by atoms with van der Waals surface area (Å²) < 4.78 is 0. The van der Waals surface area contributed by atoms with Crippen LogP contribution in [-0.4, -0.2) is 0 Å². The molecule has 2 aliphatic rings. The summed E-state index contributed by atoms with van der Waals surface area (Å²) in [7, 11) is 0. The standard InChI is InChI=1S/C65H44N2/c1-4-17-50(18-5-1)66(51-19-6-2-7-20-51)53-37-32-47(33-38-53)45-28-30-46(31-29-45)48-34-39-54(40-35-48)67(52-21-8-3-9-22-52)55-41-42-59-63(44-55)65(62-43-36-49-16-10-11-23-56(49)64(59)62)60-26-14-12-24-57(60)58-25-13-15-27-61(58)65/h1-44H. The summed E-state index contributed by atoms with van der Waals surface area (Å²) in [5.74, 6) is 0. The van der Waals surface area contributed by atoms with Gasteiger partial charge < -0.3 is 9.80 Å². The van der Waals surface area contributed by atoms with Crippen molar-refractivity contribution >= 4 is 44.9 Å². The largest absolute Gasteiger partial charge is 0.311 e. The lowest BCUT2D eigenvalue weighted by atomic mass is 9.70. The summed E-state index contributed by atoms with van der Waals surface area (Å²) in [4.78, 5) is 4.71. The van der Waals surface area contributed by atoms with E-state index >= 15 is 0 Å². The van der Waals surface area contributed by atoms with Gasteiger partial charge in [0, 0.05) is 34.1 Å². The molecule has 2 aliphatic carbocycles. The van der Waals surface area contributed by atoms with E-state index < -0.39 is 5.41 Å². The maximum atomic E-state index is 2.48. The van der Waals surface area contributed by atoms with Crippen LogP contribution in [0.5, 0.6) is 0 Å². The monoisotopic (exact) mass is 852 g/mol. The number of nitrogens with zero attached hydrogens (tertiary/aromatic N) is 2. The zero-order chi connectivity index (χ0) is 44.3. The molecule has 0 atom stereocenters. The Bertz CT molecular complexity index is 3510. The molecule has 1 spiro atoms. The Labute approximate surface area is 391 Å². The average Bonchev–Trinajstić information content (AvgIpc) is 3.88. The van der Waals surface area contributed by atoms with Crippen LogP contribution in [0.4, 0.5) is 34.1 Å². The molecule has 0 radical (unpaired) electrons. The molecule has 0 saturated carbocycles. The molecule has 0 saturated heterocycles. The lowest BCUT2D eigenvalue weighted by Crippen LogP contribution is -2.26. The van der Waals surface area contributed by atoms with Crippen LogP contribution in [0.1, 0.15) is 22.3 Å². The topological polar surface area (TPSA) is 6.48 Å². The molecular weight excluding hydrogens is 809 g/mol. The van der Waals surface area contributed by atoms with Crippen LogP contribution >= 0.6 is 0 Å². The summed E-state index contributed by atoms with van der Waals surface area (Å²) in [5.41, 5.74) is 21.6. The van der Waals surface area contributed by atoms with Crippen LogP contribution in [0, 0.1) is 0 Å². The van der Waals surface area contributed by atoms with E-state index in [2.05, 4.69) is 277 Å². The van der Waals surface area contributed by atoms with Crippen molar-refractivity contribution in [2.75, 3.05) is 9.80 Å². The Kier molecular flexibility index (Phi) is 9.11. The molecule has 67 heavy (non-hydrogen) atoms. The molecule has 0 N–H and O–H groups in total. The highest BCUT2D eigenvalue weighted by Gasteiger charge is 2.52. The van der Waals surface area contributed by atoms with Crippen molar-refractivity contribution in [3.8, 4) is 44.5 Å². The van der Waals surface area contributed by atoms with Crippen molar-refractivity contribution < 1.29 is 0 Å². The number of hydrogen-bond donors (Lipinski definition) is 0. The fraction of sp³-hybridized carbons (Fsp3) is 0.0154. The molecule has 0 bridgehead atoms. The lowest BCUT2D eigenvalue weighted by Gasteiger charge is -2.32. The van der Waals surface area contributed by atoms with Crippen molar-refractivity contribution in [1.29, 1.82) is 0 Å². The van der Waals surface area contributed by atoms with Gasteiger partial charge in [-0.3, -0.25) is 0 Å². The first-order valence-corrected chi connectivity index (χ1v) is 23.2. The second-order valence-corrected chi connectivity index (χ2v) is 17.6. The van der Waals surface area contributed by atoms with Crippen LogP contribution in [0.25, 0.3) is 55.3 Å². The van der Waals surface area contributed by atoms with Gasteiger partial charge in [-0.25, -0.2) is 0 Å². The van der Waals surface area contributed by atoms with Gasteiger partial charge in [0.2, 0.25) is 0 Å². The van der Waals surface area contributed by atoms with E-state index in [0.717, 1.165) is 34.1 Å². The van der Waals surface area contributed by atoms with Crippen LogP contribution in [0.3, 0.4) is 0 Å². The van der Waals surface area contributed by atoms with Crippen molar-refractivity contribution in [2.45, 2.75) is 5.41 Å². The van der Waals surface area contributed by atoms with E-state index in [9.17, 15) is 0 Å². The third-order valence-electron chi connectivity index (χ3n) is 14.1. The van der Waals surface area contributed by atoms with E-state index in [0.29, 0.717) is 0 Å². The van der Waals surface area contributed by atoms with E-state index in [1.807, 2.05) is 0 Å². The number of para-hydroxylation sites is 3. The van der Waals surface area contributed by atoms with Crippen molar-refractivity contribution in [3.05, 3.63) is 289 Å². The number of benzene rings is 11. The highest BCUT2D eigenvalue weighted by atomic mass is 15.1. The molecule has 314 valence electrons. The number of rotatable bonds is 8. The summed E-state index contributed by atoms with van der Waals surface area (Å²) >= 11 is 0. The lowest BCUT2D eigenvalue weighted by molar-refractivity contribution is 0.794. The average molecular weight is 853 g/mol. The molecule has 11 aromatic carbocycles. The van der Waals surface area contributed by atoms with Gasteiger partial charge in [-0.2, -0.15) is 0 Å². The van der Waals surface area contributed by atoms with Crippen LogP contribution in [-0.2, 0) is 5.41 Å². The summed E-state index contributed by atoms with van der Waals surface area (Å²) in [6, 6.07) is 97.7. The smallest absolute Gasteiger partial charge is 0.0726 e. The molecule has 2 nitrogen and oxygen atoms in total. The molecule has 13 rings (SSSR count). The first kappa shape index (κ1) is 38.7. The SMILES string of the molecule is c1ccc(N(c2ccccc2)c2ccc(-c3ccc(-c4ccc(N(c5ccccc5)c5ccc6c(c5)C5(c7ccccc7-c7ccccc75)c5ccc7ccccc7c5-6)cc4)cc3)cc2)cc1. The van der Waals surface area contributed by atoms with Gasteiger partial charge in [0.15, 0.2) is 0 Å². The highest BCUT2D eigenvalue weighted by Crippen LogP contribution is 2.64. The Balaban J connectivity index is 0.863. The molecule has 0 amide bonds. The van der Waals surface area contributed by atoms with Gasteiger partial charge >= 0.3 is 0 Å². The number of hydrogen-bond acceptors (Lipinski definition) is 2. The maximum Gasteiger partial charge on any atom is 0.0726 e. The summed E-state index contributed by atoms with van der Waals surface area (Å²) in [6.07, 6.45) is 0. The first-order valence-electron chi connectivity index (χ1n) is 23.2. The van der Waals surface area contributed by atoms with Gasteiger partial charge in [0.1, 0.15) is 0 Å². The summed E-state index contributed by atoms with van der Waals surface area (Å²) in [5, 5.41) is 2.56. The molecule has 0 aromatic heterocycles. The Hall–Kier alpha value is -8.72. The van der Waals surface area contributed by atoms with Gasteiger partial charge in [0.05, 0.1) is 5.41 Å². The van der Waals surface area contributed by atoms with E-state index in [1.54, 1.807) is 0 Å². The quantitative estimate of drug-likeness (QED) is 0.150. The van der Waals surface area contributed by atoms with Crippen molar-refractivity contribution in [2.24, 2.45) is 0 Å². The van der Waals surface area contributed by atoms with Crippen molar-refractivity contribution in [3.63, 3.8) is 0 Å². The predicted octanol–water partition coefficient (Wildman–Crippen LogP) is 17.5. The number of anilines is 6. The Morgan fingerprint density at radius 1 is 0.239 bits per heavy atom. The minimum atomic E-state index is -0.455. The predicted molar refractivity (Wildman–Crippen MR) is 280 cm³/mol. The maximum absolute atomic E-state index is 2.48. The Morgan fingerprint density at radius 2 is 0.627 bits per heavy atom. The zero-order valence-corrected chi connectivity index (χ0v) is 36.8. The molecular formula is C65H44N2.